The minimum Gasteiger partial charge on any atom is -0.468 e. The molecule has 2 aromatic carbocycles. The summed E-state index contributed by atoms with van der Waals surface area (Å²) in [6, 6.07) is 15.1. The molecule has 0 heterocycles. The molecular weight excluding hydrogens is 472 g/mol. The Morgan fingerprint density at radius 3 is 2.25 bits per heavy atom. The van der Waals surface area contributed by atoms with Crippen LogP contribution in [0.5, 0.6) is 0 Å². The Hall–Kier alpha value is -2.73. The van der Waals surface area contributed by atoms with Gasteiger partial charge in [-0.05, 0) is 46.6 Å². The smallest absolute Gasteiger partial charge is 0.323 e. The summed E-state index contributed by atoms with van der Waals surface area (Å²) >= 11 is 3.43. The summed E-state index contributed by atoms with van der Waals surface area (Å²) in [6.07, 6.45) is 0.159. The van der Waals surface area contributed by atoms with E-state index in [0.717, 1.165) is 21.2 Å². The van der Waals surface area contributed by atoms with E-state index in [1.54, 1.807) is 18.2 Å². The van der Waals surface area contributed by atoms with Crippen molar-refractivity contribution in [2.75, 3.05) is 14.2 Å². The van der Waals surface area contributed by atoms with Crippen LogP contribution in [0.3, 0.4) is 0 Å². The fraction of sp³-hybridized carbons (Fsp3) is 0.346. The molecule has 166 valence electrons. The van der Waals surface area contributed by atoms with Gasteiger partial charge in [0.25, 0.3) is 0 Å². The van der Waals surface area contributed by atoms with Crippen LogP contribution >= 0.6 is 15.9 Å². The van der Waals surface area contributed by atoms with Crippen molar-refractivity contribution in [3.8, 4) is 0 Å². The standard InChI is InChI=1S/C26H25BrO5/c1-25(2)19-11-6-5-10-17(19)21-18(22(28)15-8-7-9-16(27)12-15)13-26(14-20(21)25,23(29)31-3)24(30)32-4/h5-12,20H,13-14H2,1-4H3. The number of fused-ring (bicyclic) bond motifs is 3. The van der Waals surface area contributed by atoms with Gasteiger partial charge in [0, 0.05) is 22.0 Å². The SMILES string of the molecule is COC(=O)C1(C(=O)OC)CC(C(=O)c2cccc(Br)c2)=C2c3ccccc3C(C)(C)C2C1. The van der Waals surface area contributed by atoms with E-state index in [1.165, 1.54) is 14.2 Å². The maximum atomic E-state index is 13.8. The molecule has 6 heteroatoms. The first kappa shape index (κ1) is 22.5. The summed E-state index contributed by atoms with van der Waals surface area (Å²) in [5.41, 5.74) is 2.02. The zero-order valence-corrected chi connectivity index (χ0v) is 20.1. The summed E-state index contributed by atoms with van der Waals surface area (Å²) in [7, 11) is 2.52. The Morgan fingerprint density at radius 2 is 1.62 bits per heavy atom. The Morgan fingerprint density at radius 1 is 0.969 bits per heavy atom. The molecule has 0 aliphatic heterocycles. The van der Waals surface area contributed by atoms with Crippen LogP contribution in [-0.2, 0) is 24.5 Å². The van der Waals surface area contributed by atoms with E-state index in [9.17, 15) is 14.4 Å². The third-order valence-electron chi connectivity index (χ3n) is 7.00. The molecule has 0 saturated carbocycles. The Labute approximate surface area is 195 Å². The van der Waals surface area contributed by atoms with E-state index in [1.807, 2.05) is 24.3 Å². The third kappa shape index (κ3) is 3.24. The number of Topliss-reactive ketones (excluding diaryl/α,β-unsaturated/α-hetero) is 1. The molecule has 4 rings (SSSR count). The van der Waals surface area contributed by atoms with Crippen molar-refractivity contribution in [2.24, 2.45) is 11.3 Å². The summed E-state index contributed by atoms with van der Waals surface area (Å²) < 4.78 is 10.9. The zero-order valence-electron chi connectivity index (χ0n) is 18.5. The molecule has 0 N–H and O–H groups in total. The van der Waals surface area contributed by atoms with Crippen LogP contribution in [0.25, 0.3) is 5.57 Å². The second-order valence-corrected chi connectivity index (χ2v) is 9.91. The number of methoxy groups -OCH3 is 2. The van der Waals surface area contributed by atoms with Crippen molar-refractivity contribution < 1.29 is 23.9 Å². The molecule has 2 aromatic rings. The molecule has 1 atom stereocenters. The number of hydrogen-bond acceptors (Lipinski definition) is 5. The number of halogens is 1. The Balaban J connectivity index is 2.01. The van der Waals surface area contributed by atoms with Crippen molar-refractivity contribution in [1.29, 1.82) is 0 Å². The van der Waals surface area contributed by atoms with Crippen LogP contribution < -0.4 is 0 Å². The lowest BCUT2D eigenvalue weighted by atomic mass is 9.61. The molecule has 32 heavy (non-hydrogen) atoms. The van der Waals surface area contributed by atoms with Crippen LogP contribution in [0, 0.1) is 11.3 Å². The van der Waals surface area contributed by atoms with Gasteiger partial charge in [-0.2, -0.15) is 0 Å². The highest BCUT2D eigenvalue weighted by atomic mass is 79.9. The van der Waals surface area contributed by atoms with Gasteiger partial charge in [0.2, 0.25) is 0 Å². The monoisotopic (exact) mass is 496 g/mol. The zero-order chi connectivity index (χ0) is 23.3. The predicted octanol–water partition coefficient (Wildman–Crippen LogP) is 5.12. The average molecular weight is 497 g/mol. The number of hydrogen-bond donors (Lipinski definition) is 0. The van der Waals surface area contributed by atoms with Crippen molar-refractivity contribution in [3.63, 3.8) is 0 Å². The normalized spacial score (nSPS) is 20.2. The van der Waals surface area contributed by atoms with Crippen molar-refractivity contribution in [1.82, 2.24) is 0 Å². The molecular formula is C26H25BrO5. The molecule has 0 bridgehead atoms. The fourth-order valence-corrected chi connectivity index (χ4v) is 5.75. The van der Waals surface area contributed by atoms with Crippen LogP contribution in [0.1, 0.15) is 48.2 Å². The Bertz CT molecular complexity index is 1140. The number of allylic oxidation sites excluding steroid dienone is 2. The van der Waals surface area contributed by atoms with E-state index in [4.69, 9.17) is 9.47 Å². The Kier molecular flexibility index (Phi) is 5.61. The van der Waals surface area contributed by atoms with E-state index in [0.29, 0.717) is 11.1 Å². The largest absolute Gasteiger partial charge is 0.468 e. The van der Waals surface area contributed by atoms with Crippen LogP contribution in [-0.4, -0.2) is 31.9 Å². The highest BCUT2D eigenvalue weighted by Crippen LogP contribution is 2.60. The molecule has 0 aromatic heterocycles. The van der Waals surface area contributed by atoms with E-state index in [-0.39, 0.29) is 30.0 Å². The molecule has 0 radical (unpaired) electrons. The quantitative estimate of drug-likeness (QED) is 0.333. The van der Waals surface area contributed by atoms with E-state index in [2.05, 4.69) is 35.8 Å². The highest BCUT2D eigenvalue weighted by Gasteiger charge is 2.59. The summed E-state index contributed by atoms with van der Waals surface area (Å²) in [5, 5.41) is 0. The number of esters is 2. The van der Waals surface area contributed by atoms with Crippen LogP contribution in [0.15, 0.2) is 58.6 Å². The van der Waals surface area contributed by atoms with Gasteiger partial charge in [-0.1, -0.05) is 66.2 Å². The lowest BCUT2D eigenvalue weighted by Gasteiger charge is -2.41. The average Bonchev–Trinajstić information content (AvgIpc) is 3.03. The number of ether oxygens (including phenoxy) is 2. The number of ketones is 1. The number of rotatable bonds is 4. The molecule has 2 aliphatic rings. The van der Waals surface area contributed by atoms with Gasteiger partial charge in [0.05, 0.1) is 14.2 Å². The van der Waals surface area contributed by atoms with Crippen LogP contribution in [0.2, 0.25) is 0 Å². The number of benzene rings is 2. The first-order valence-corrected chi connectivity index (χ1v) is 11.3. The minimum absolute atomic E-state index is 0.0616. The molecule has 1 unspecified atom stereocenters. The topological polar surface area (TPSA) is 69.7 Å². The molecule has 0 saturated heterocycles. The van der Waals surface area contributed by atoms with Crippen molar-refractivity contribution in [3.05, 3.63) is 75.3 Å². The van der Waals surface area contributed by atoms with Crippen molar-refractivity contribution in [2.45, 2.75) is 32.1 Å². The second-order valence-electron chi connectivity index (χ2n) is 9.00. The molecule has 0 fully saturated rings. The number of carbonyl (C=O) groups excluding carboxylic acids is 3. The summed E-state index contributed by atoms with van der Waals surface area (Å²) in [4.78, 5) is 40.0. The minimum atomic E-state index is -1.58. The van der Waals surface area contributed by atoms with E-state index >= 15 is 0 Å². The van der Waals surface area contributed by atoms with E-state index < -0.39 is 17.4 Å². The second kappa shape index (κ2) is 8.00. The lowest BCUT2D eigenvalue weighted by Crippen LogP contribution is -2.48. The van der Waals surface area contributed by atoms with Gasteiger partial charge in [-0.15, -0.1) is 0 Å². The fourth-order valence-electron chi connectivity index (χ4n) is 5.36. The summed E-state index contributed by atoms with van der Waals surface area (Å²) in [6.45, 7) is 4.19. The molecule has 5 nitrogen and oxygen atoms in total. The van der Waals surface area contributed by atoms with Gasteiger partial charge in [-0.25, -0.2) is 0 Å². The van der Waals surface area contributed by atoms with Crippen LogP contribution in [0.4, 0.5) is 0 Å². The van der Waals surface area contributed by atoms with Crippen molar-refractivity contribution >= 4 is 39.2 Å². The molecule has 0 amide bonds. The van der Waals surface area contributed by atoms with Gasteiger partial charge < -0.3 is 9.47 Å². The highest BCUT2D eigenvalue weighted by molar-refractivity contribution is 9.10. The van der Waals surface area contributed by atoms with Gasteiger partial charge in [0.1, 0.15) is 0 Å². The lowest BCUT2D eigenvalue weighted by molar-refractivity contribution is -0.170. The maximum Gasteiger partial charge on any atom is 0.323 e. The van der Waals surface area contributed by atoms with Gasteiger partial charge >= 0.3 is 11.9 Å². The predicted molar refractivity (Wildman–Crippen MR) is 124 cm³/mol. The van der Waals surface area contributed by atoms with Gasteiger partial charge in [-0.3, -0.25) is 14.4 Å². The van der Waals surface area contributed by atoms with Gasteiger partial charge in [0.15, 0.2) is 11.2 Å². The molecule has 2 aliphatic carbocycles. The third-order valence-corrected chi connectivity index (χ3v) is 7.49. The molecule has 0 spiro atoms. The maximum absolute atomic E-state index is 13.8. The summed E-state index contributed by atoms with van der Waals surface area (Å²) in [5.74, 6) is -1.77. The first-order chi connectivity index (χ1) is 15.2. The first-order valence-electron chi connectivity index (χ1n) is 10.5. The number of carbonyl (C=O) groups is 3.